The smallest absolute Gasteiger partial charge is 0.326 e. The van der Waals surface area contributed by atoms with Crippen LogP contribution < -0.4 is 65.5 Å². The van der Waals surface area contributed by atoms with Crippen LogP contribution in [-0.4, -0.2) is 171 Å². The minimum absolute atomic E-state index is 0.00450. The third-order valence-corrected chi connectivity index (χ3v) is 15.3. The first-order valence-electron chi connectivity index (χ1n) is 29.9. The van der Waals surface area contributed by atoms with E-state index in [4.69, 9.17) is 22.9 Å². The number of nitrogens with one attached hydrogen (secondary N) is 8. The predicted molar refractivity (Wildman–Crippen MR) is 317 cm³/mol. The fourth-order valence-electron chi connectivity index (χ4n) is 9.58. The normalized spacial score (nSPS) is 17.4. The van der Waals surface area contributed by atoms with Crippen LogP contribution in [0.5, 0.6) is 5.75 Å². The third kappa shape index (κ3) is 24.9. The number of carbonyl (C=O) groups is 11. The van der Waals surface area contributed by atoms with Crippen LogP contribution in [0.3, 0.4) is 0 Å². The van der Waals surface area contributed by atoms with Gasteiger partial charge in [-0.1, -0.05) is 80.4 Å². The average molecular weight is 1200 g/mol. The number of aromatic hydroxyl groups is 1. The lowest BCUT2D eigenvalue weighted by Crippen LogP contribution is -2.62. The number of likely N-dealkylation sites (tertiary alicyclic amines) is 1. The van der Waals surface area contributed by atoms with Gasteiger partial charge in [0.2, 0.25) is 59.1 Å². The van der Waals surface area contributed by atoms with Gasteiger partial charge >= 0.3 is 5.97 Å². The Morgan fingerprint density at radius 2 is 1.07 bits per heavy atom. The van der Waals surface area contributed by atoms with E-state index in [1.54, 1.807) is 60.6 Å². The van der Waals surface area contributed by atoms with Crippen molar-refractivity contribution in [2.45, 2.75) is 219 Å². The van der Waals surface area contributed by atoms with E-state index in [2.05, 4.69) is 42.5 Å². The van der Waals surface area contributed by atoms with Crippen LogP contribution in [0.25, 0.3) is 0 Å². The Labute approximate surface area is 499 Å². The quantitative estimate of drug-likeness (QED) is 0.0349. The molecule has 19 N–H and O–H groups in total. The number of carboxylic acid groups (broad SMARTS) is 1. The summed E-state index contributed by atoms with van der Waals surface area (Å²) in [6, 6.07) is -7.10. The first-order chi connectivity index (χ1) is 40.0. The number of amides is 10. The zero-order valence-corrected chi connectivity index (χ0v) is 51.1. The Morgan fingerprint density at radius 1 is 0.588 bits per heavy atom. The largest absolute Gasteiger partial charge is 0.508 e. The first-order valence-corrected chi connectivity index (χ1v) is 29.9. The summed E-state index contributed by atoms with van der Waals surface area (Å²) in [5.41, 5.74) is 23.8. The number of nitrogens with two attached hydrogens (primary N) is 4. The number of phenolic OH excluding ortho intramolecular Hbond substituents is 1. The molecule has 27 heteroatoms. The number of rotatable bonds is 39. The second-order valence-electron chi connectivity index (χ2n) is 23.1. The zero-order valence-electron chi connectivity index (χ0n) is 51.1. The minimum atomic E-state index is -1.76. The molecule has 2 rings (SSSR count). The van der Waals surface area contributed by atoms with E-state index in [1.807, 2.05) is 6.92 Å². The summed E-state index contributed by atoms with van der Waals surface area (Å²) in [6.07, 6.45) is 0.801. The van der Waals surface area contributed by atoms with Crippen molar-refractivity contribution in [2.24, 2.45) is 46.6 Å². The van der Waals surface area contributed by atoms with Crippen molar-refractivity contribution in [3.05, 3.63) is 29.8 Å². The number of aliphatic carboxylic acids is 1. The van der Waals surface area contributed by atoms with Gasteiger partial charge < -0.3 is 85.7 Å². The molecule has 0 bridgehead atoms. The topological polar surface area (TPSA) is 452 Å². The number of aliphatic hydroxyl groups is 1. The maximum Gasteiger partial charge on any atom is 0.326 e. The van der Waals surface area contributed by atoms with Crippen LogP contribution in [0.1, 0.15) is 151 Å². The van der Waals surface area contributed by atoms with Crippen LogP contribution >= 0.6 is 0 Å². The highest BCUT2D eigenvalue weighted by atomic mass is 16.4. The molecule has 27 nitrogen and oxygen atoms in total. The Balaban J connectivity index is 2.44. The number of benzene rings is 1. The maximum atomic E-state index is 14.6. The molecule has 85 heavy (non-hydrogen) atoms. The third-order valence-electron chi connectivity index (χ3n) is 15.3. The molecular weight excluding hydrogens is 1100 g/mol. The number of phenols is 1. The van der Waals surface area contributed by atoms with E-state index in [1.165, 1.54) is 24.0 Å². The van der Waals surface area contributed by atoms with Gasteiger partial charge in [0.25, 0.3) is 0 Å². The molecule has 10 amide bonds. The highest BCUT2D eigenvalue weighted by molar-refractivity contribution is 5.99. The minimum Gasteiger partial charge on any atom is -0.508 e. The van der Waals surface area contributed by atoms with Crippen LogP contribution in [0, 0.1) is 23.7 Å². The number of unbranched alkanes of at least 4 members (excludes halogenated alkanes) is 2. The average Bonchev–Trinajstić information content (AvgIpc) is 4.19. The van der Waals surface area contributed by atoms with Gasteiger partial charge in [0.1, 0.15) is 60.1 Å². The van der Waals surface area contributed by atoms with Crippen molar-refractivity contribution in [3.8, 4) is 5.75 Å². The molecule has 13 unspecified atom stereocenters. The van der Waals surface area contributed by atoms with Crippen molar-refractivity contribution in [1.29, 1.82) is 0 Å². The highest BCUT2D eigenvalue weighted by Gasteiger charge is 2.42. The standard InChI is InChI=1S/C58H99N13O14/c1-10-33(7)45(62)54(80)67-42(30-36-20-22-37(73)23-21-36)51(77)66-41(29-31(3)4)52(78)70-48(35(9)72)56(82)65-40(24-25-44(61)74)57(83)71-28-16-19-43(71)53(79)63-38(17-12-14-26-59)50(76)69-47(34(8)11-2)55(81)64-39(18-13-15-27-60)49(75)68-46(32(5)6)58(84)85/h20-23,31-35,38-43,45-48,72-73H,10-19,24-30,59-60,62H2,1-9H3,(H2,61,74)(H,63,79)(H,64,81)(H,65,82)(H,66,77)(H,67,80)(H,68,75)(H,69,76)(H,70,78)(H,84,85). The summed E-state index contributed by atoms with van der Waals surface area (Å²) < 4.78 is 0. The Kier molecular flexibility index (Phi) is 32.7. The SMILES string of the molecule is CCC(C)C(N)C(=O)NC(Cc1ccc(O)cc1)C(=O)NC(CC(C)C)C(=O)NC(C(=O)NC(CCC(N)=O)C(=O)N1CCCC1C(=O)NC(CCCCN)C(=O)NC(C(=O)NC(CCCCN)C(=O)NC(C(=O)O)C(C)C)C(C)CC)C(C)O. The summed E-state index contributed by atoms with van der Waals surface area (Å²) in [6.45, 7) is 15.7. The second kappa shape index (κ2) is 37.5. The lowest BCUT2D eigenvalue weighted by molar-refractivity contribution is -0.144. The van der Waals surface area contributed by atoms with E-state index in [0.717, 1.165) is 0 Å². The lowest BCUT2D eigenvalue weighted by atomic mass is 9.96. The van der Waals surface area contributed by atoms with Crippen molar-refractivity contribution < 1.29 is 68.1 Å². The van der Waals surface area contributed by atoms with E-state index in [9.17, 15) is 68.1 Å². The van der Waals surface area contributed by atoms with Crippen molar-refractivity contribution in [2.75, 3.05) is 19.6 Å². The molecule has 0 aliphatic carbocycles. The lowest BCUT2D eigenvalue weighted by Gasteiger charge is -2.32. The Morgan fingerprint density at radius 3 is 1.58 bits per heavy atom. The molecule has 0 spiro atoms. The highest BCUT2D eigenvalue weighted by Crippen LogP contribution is 2.22. The van der Waals surface area contributed by atoms with Gasteiger partial charge in [-0.05, 0) is 126 Å². The summed E-state index contributed by atoms with van der Waals surface area (Å²) in [7, 11) is 0. The van der Waals surface area contributed by atoms with Gasteiger partial charge in [0.15, 0.2) is 0 Å². The zero-order chi connectivity index (χ0) is 64.2. The molecule has 0 saturated carbocycles. The Hall–Kier alpha value is -6.97. The molecule has 1 heterocycles. The number of carbonyl (C=O) groups excluding carboxylic acids is 10. The molecular formula is C58H99N13O14. The van der Waals surface area contributed by atoms with Gasteiger partial charge in [-0.2, -0.15) is 0 Å². The monoisotopic (exact) mass is 1200 g/mol. The van der Waals surface area contributed by atoms with Gasteiger partial charge in [-0.25, -0.2) is 4.79 Å². The van der Waals surface area contributed by atoms with E-state index in [-0.39, 0.29) is 69.2 Å². The molecule has 480 valence electrons. The number of hydrogen-bond donors (Lipinski definition) is 15. The molecule has 0 aromatic heterocycles. The van der Waals surface area contributed by atoms with Gasteiger partial charge in [0.05, 0.1) is 12.1 Å². The van der Waals surface area contributed by atoms with Crippen LogP contribution in [0.4, 0.5) is 0 Å². The predicted octanol–water partition coefficient (Wildman–Crippen LogP) is -1.09. The molecule has 1 aromatic rings. The Bertz CT molecular complexity index is 2380. The van der Waals surface area contributed by atoms with Crippen molar-refractivity contribution in [1.82, 2.24) is 47.4 Å². The summed E-state index contributed by atoms with van der Waals surface area (Å²) in [4.78, 5) is 152. The van der Waals surface area contributed by atoms with Crippen LogP contribution in [0.2, 0.25) is 0 Å². The summed E-state index contributed by atoms with van der Waals surface area (Å²) in [5.74, 6) is -10.8. The summed E-state index contributed by atoms with van der Waals surface area (Å²) in [5, 5.41) is 51.7. The fraction of sp³-hybridized carbons (Fsp3) is 0.707. The van der Waals surface area contributed by atoms with Crippen molar-refractivity contribution in [3.63, 3.8) is 0 Å². The van der Waals surface area contributed by atoms with Gasteiger partial charge in [-0.15, -0.1) is 0 Å². The maximum absolute atomic E-state index is 14.6. The number of aliphatic hydroxyl groups excluding tert-OH is 1. The first kappa shape index (κ1) is 74.1. The molecule has 1 aliphatic rings. The van der Waals surface area contributed by atoms with E-state index in [0.29, 0.717) is 57.1 Å². The number of nitrogens with zero attached hydrogens (tertiary/aromatic N) is 1. The summed E-state index contributed by atoms with van der Waals surface area (Å²) >= 11 is 0. The van der Waals surface area contributed by atoms with Gasteiger partial charge in [-0.3, -0.25) is 47.9 Å². The van der Waals surface area contributed by atoms with Crippen molar-refractivity contribution >= 4 is 65.0 Å². The van der Waals surface area contributed by atoms with Gasteiger partial charge in [0, 0.05) is 19.4 Å². The molecule has 0 radical (unpaired) electrons. The number of primary amides is 1. The molecule has 1 aromatic carbocycles. The molecule has 1 saturated heterocycles. The number of hydrogen-bond acceptors (Lipinski definition) is 16. The molecule has 1 fully saturated rings. The number of carboxylic acids is 1. The van der Waals surface area contributed by atoms with E-state index >= 15 is 0 Å². The van der Waals surface area contributed by atoms with Crippen LogP contribution in [-0.2, 0) is 59.2 Å². The molecule has 13 atom stereocenters. The second-order valence-corrected chi connectivity index (χ2v) is 23.1. The van der Waals surface area contributed by atoms with E-state index < -0.39 is 150 Å². The van der Waals surface area contributed by atoms with Crippen LogP contribution in [0.15, 0.2) is 24.3 Å². The fourth-order valence-corrected chi connectivity index (χ4v) is 9.58. The molecule has 1 aliphatic heterocycles.